The van der Waals surface area contributed by atoms with Crippen LogP contribution in [0.4, 0.5) is 5.82 Å². The van der Waals surface area contributed by atoms with Gasteiger partial charge in [-0.15, -0.1) is 0 Å². The quantitative estimate of drug-likeness (QED) is 0.519. The largest absolute Gasteiger partial charge is 0.382 e. The molecule has 0 bridgehead atoms. The molecule has 0 aliphatic heterocycles. The van der Waals surface area contributed by atoms with Gasteiger partial charge in [0.1, 0.15) is 11.8 Å². The summed E-state index contributed by atoms with van der Waals surface area (Å²) in [6.45, 7) is 0. The molecule has 1 aliphatic rings. The van der Waals surface area contributed by atoms with Crippen LogP contribution in [-0.4, -0.2) is 21.0 Å². The van der Waals surface area contributed by atoms with Crippen molar-refractivity contribution >= 4 is 11.7 Å². The number of fused-ring (bicyclic) bond motifs is 3. The van der Waals surface area contributed by atoms with E-state index < -0.39 is 6.10 Å². The van der Waals surface area contributed by atoms with Gasteiger partial charge < -0.3 is 10.4 Å². The van der Waals surface area contributed by atoms with Crippen molar-refractivity contribution in [2.45, 2.75) is 18.9 Å². The lowest BCUT2D eigenvalue weighted by Gasteiger charge is -2.22. The van der Waals surface area contributed by atoms with Crippen LogP contribution in [0.25, 0.3) is 11.3 Å². The Labute approximate surface area is 180 Å². The topological polar surface area (TPSA) is 75.1 Å². The lowest BCUT2D eigenvalue weighted by Crippen LogP contribution is -2.20. The first-order valence-corrected chi connectivity index (χ1v) is 10.3. The molecule has 1 unspecified atom stereocenters. The first-order valence-electron chi connectivity index (χ1n) is 10.3. The highest BCUT2D eigenvalue weighted by Gasteiger charge is 2.26. The number of nitrogens with one attached hydrogen (secondary N) is 1. The molecule has 5 heteroatoms. The van der Waals surface area contributed by atoms with E-state index >= 15 is 0 Å². The number of aliphatic hydroxyl groups is 1. The van der Waals surface area contributed by atoms with Crippen molar-refractivity contribution in [1.82, 2.24) is 9.97 Å². The number of hydrogen-bond acceptors (Lipinski definition) is 4. The van der Waals surface area contributed by atoms with Gasteiger partial charge in [0, 0.05) is 11.1 Å². The number of aromatic nitrogens is 2. The van der Waals surface area contributed by atoms with E-state index in [0.29, 0.717) is 22.6 Å². The second-order valence-electron chi connectivity index (χ2n) is 7.54. The average molecular weight is 407 g/mol. The highest BCUT2D eigenvalue weighted by molar-refractivity contribution is 6.04. The molecular weight excluding hydrogens is 386 g/mol. The van der Waals surface area contributed by atoms with Crippen molar-refractivity contribution in [2.75, 3.05) is 5.32 Å². The van der Waals surface area contributed by atoms with E-state index in [4.69, 9.17) is 9.97 Å². The average Bonchev–Trinajstić information content (AvgIpc) is 2.84. The maximum Gasteiger partial charge on any atom is 0.256 e. The van der Waals surface area contributed by atoms with Crippen molar-refractivity contribution < 1.29 is 9.90 Å². The molecule has 0 saturated heterocycles. The third kappa shape index (κ3) is 3.71. The van der Waals surface area contributed by atoms with Gasteiger partial charge in [0.2, 0.25) is 0 Å². The molecule has 0 radical (unpaired) electrons. The molecule has 0 spiro atoms. The van der Waals surface area contributed by atoms with Crippen LogP contribution in [0.15, 0.2) is 84.9 Å². The Morgan fingerprint density at radius 2 is 1.52 bits per heavy atom. The molecule has 1 atom stereocenters. The number of anilines is 1. The number of hydrogen-bond donors (Lipinski definition) is 2. The van der Waals surface area contributed by atoms with Gasteiger partial charge in [-0.1, -0.05) is 72.8 Å². The van der Waals surface area contributed by atoms with Gasteiger partial charge in [0.15, 0.2) is 5.82 Å². The Morgan fingerprint density at radius 1 is 0.839 bits per heavy atom. The number of carbonyl (C=O) groups is 1. The van der Waals surface area contributed by atoms with Gasteiger partial charge in [-0.25, -0.2) is 9.97 Å². The predicted molar refractivity (Wildman–Crippen MR) is 120 cm³/mol. The summed E-state index contributed by atoms with van der Waals surface area (Å²) in [5, 5.41) is 14.0. The summed E-state index contributed by atoms with van der Waals surface area (Å²) in [5.74, 6) is 0.0101. The highest BCUT2D eigenvalue weighted by atomic mass is 16.3. The Balaban J connectivity index is 1.62. The summed E-state index contributed by atoms with van der Waals surface area (Å²) in [6, 6.07) is 26.4. The Morgan fingerprint density at radius 3 is 2.29 bits per heavy atom. The highest BCUT2D eigenvalue weighted by Crippen LogP contribution is 2.35. The molecule has 1 amide bonds. The van der Waals surface area contributed by atoms with Crippen LogP contribution in [-0.2, 0) is 12.8 Å². The first-order chi connectivity index (χ1) is 15.2. The van der Waals surface area contributed by atoms with E-state index in [2.05, 4.69) is 11.4 Å². The van der Waals surface area contributed by atoms with Gasteiger partial charge in [0.25, 0.3) is 5.91 Å². The summed E-state index contributed by atoms with van der Waals surface area (Å²) < 4.78 is 0. The normalized spacial score (nSPS) is 13.1. The van der Waals surface area contributed by atoms with E-state index in [1.807, 2.05) is 66.7 Å². The number of aryl methyl sites for hydroxylation is 2. The lowest BCUT2D eigenvalue weighted by atomic mass is 9.91. The van der Waals surface area contributed by atoms with Gasteiger partial charge in [-0.05, 0) is 36.1 Å². The number of rotatable bonds is 4. The van der Waals surface area contributed by atoms with E-state index in [1.165, 1.54) is 5.56 Å². The molecule has 152 valence electrons. The van der Waals surface area contributed by atoms with E-state index in [9.17, 15) is 9.90 Å². The molecule has 5 nitrogen and oxygen atoms in total. The molecule has 3 aromatic carbocycles. The second-order valence-corrected chi connectivity index (χ2v) is 7.54. The molecule has 2 N–H and O–H groups in total. The standard InChI is InChI=1S/C26H21N3O2/c30-24(18-10-3-1-4-11-18)23-25(29-26(31)19-12-5-2-6-13-19)27-21-16-15-17-9-7-8-14-20(17)22(21)28-23/h1-14,24,30H,15-16H2,(H,27,29,31). The van der Waals surface area contributed by atoms with Gasteiger partial charge in [0.05, 0.1) is 11.4 Å². The minimum absolute atomic E-state index is 0.285. The van der Waals surface area contributed by atoms with Crippen molar-refractivity contribution in [2.24, 2.45) is 0 Å². The summed E-state index contributed by atoms with van der Waals surface area (Å²) >= 11 is 0. The molecule has 5 rings (SSSR count). The maximum absolute atomic E-state index is 12.8. The number of amides is 1. The third-order valence-electron chi connectivity index (χ3n) is 5.54. The molecule has 1 aromatic heterocycles. The van der Waals surface area contributed by atoms with E-state index in [-0.39, 0.29) is 5.91 Å². The van der Waals surface area contributed by atoms with Gasteiger partial charge in [-0.3, -0.25) is 4.79 Å². The molecule has 4 aromatic rings. The Bertz CT molecular complexity index is 1240. The van der Waals surface area contributed by atoms with Gasteiger partial charge >= 0.3 is 0 Å². The van der Waals surface area contributed by atoms with Crippen molar-refractivity contribution in [1.29, 1.82) is 0 Å². The van der Waals surface area contributed by atoms with Crippen LogP contribution in [0, 0.1) is 0 Å². The monoisotopic (exact) mass is 407 g/mol. The summed E-state index contributed by atoms with van der Waals surface area (Å²) in [7, 11) is 0. The minimum atomic E-state index is -1.01. The maximum atomic E-state index is 12.8. The van der Waals surface area contributed by atoms with Crippen LogP contribution in [0.5, 0.6) is 0 Å². The zero-order valence-corrected chi connectivity index (χ0v) is 16.8. The Hall–Kier alpha value is -3.83. The number of benzene rings is 3. The molecule has 1 heterocycles. The van der Waals surface area contributed by atoms with Crippen LogP contribution in [0.1, 0.15) is 39.0 Å². The SMILES string of the molecule is O=C(Nc1nc2c(nc1C(O)c1ccccc1)-c1ccccc1CC2)c1ccccc1. The second kappa shape index (κ2) is 8.13. The molecule has 1 aliphatic carbocycles. The summed E-state index contributed by atoms with van der Waals surface area (Å²) in [4.78, 5) is 22.5. The van der Waals surface area contributed by atoms with Crippen LogP contribution in [0.3, 0.4) is 0 Å². The van der Waals surface area contributed by atoms with Crippen molar-refractivity contribution in [3.05, 3.63) is 113 Å². The fourth-order valence-corrected chi connectivity index (χ4v) is 3.94. The molecular formula is C26H21N3O2. The fourth-order valence-electron chi connectivity index (χ4n) is 3.94. The van der Waals surface area contributed by atoms with E-state index in [1.54, 1.807) is 12.1 Å². The predicted octanol–water partition coefficient (Wildman–Crippen LogP) is 4.58. The zero-order valence-electron chi connectivity index (χ0n) is 16.8. The lowest BCUT2D eigenvalue weighted by molar-refractivity contribution is 0.102. The van der Waals surface area contributed by atoms with Crippen molar-refractivity contribution in [3.8, 4) is 11.3 Å². The van der Waals surface area contributed by atoms with Crippen LogP contribution >= 0.6 is 0 Å². The van der Waals surface area contributed by atoms with Crippen LogP contribution in [0.2, 0.25) is 0 Å². The van der Waals surface area contributed by atoms with E-state index in [0.717, 1.165) is 29.8 Å². The van der Waals surface area contributed by atoms with Gasteiger partial charge in [-0.2, -0.15) is 0 Å². The number of nitrogens with zero attached hydrogens (tertiary/aromatic N) is 2. The molecule has 0 fully saturated rings. The summed E-state index contributed by atoms with van der Waals surface area (Å²) in [5.41, 5.74) is 5.38. The number of carbonyl (C=O) groups excluding carboxylic acids is 1. The molecule has 0 saturated carbocycles. The smallest absolute Gasteiger partial charge is 0.256 e. The Kier molecular flexibility index (Phi) is 5.02. The third-order valence-corrected chi connectivity index (χ3v) is 5.54. The zero-order chi connectivity index (χ0) is 21.2. The first kappa shape index (κ1) is 19.2. The van der Waals surface area contributed by atoms with Crippen LogP contribution < -0.4 is 5.32 Å². The molecule has 31 heavy (non-hydrogen) atoms. The summed E-state index contributed by atoms with van der Waals surface area (Å²) in [6.07, 6.45) is 0.582. The number of aliphatic hydroxyl groups excluding tert-OH is 1. The van der Waals surface area contributed by atoms with Crippen molar-refractivity contribution in [3.63, 3.8) is 0 Å². The fraction of sp³-hybridized carbons (Fsp3) is 0.115. The minimum Gasteiger partial charge on any atom is -0.382 e.